The first-order valence-corrected chi connectivity index (χ1v) is 9.10. The molecule has 0 bridgehead atoms. The topological polar surface area (TPSA) is 44.7 Å². The van der Waals surface area contributed by atoms with Crippen molar-refractivity contribution in [1.82, 2.24) is 5.43 Å². The van der Waals surface area contributed by atoms with Gasteiger partial charge in [-0.25, -0.2) is 5.43 Å². The van der Waals surface area contributed by atoms with E-state index >= 15 is 0 Å². The summed E-state index contributed by atoms with van der Waals surface area (Å²) in [6.45, 7) is 5.87. The Bertz CT molecular complexity index is 833. The number of halogens is 4. The van der Waals surface area contributed by atoms with Crippen LogP contribution < -0.4 is 10.3 Å². The first kappa shape index (κ1) is 21.0. The SMILES string of the molecule is CCN(CC)c1ccc(/C=N\NC(=O)c2cccc(C(F)(F)F)c2)cc1Br. The van der Waals surface area contributed by atoms with E-state index in [1.165, 1.54) is 18.3 Å². The molecule has 4 nitrogen and oxygen atoms in total. The van der Waals surface area contributed by atoms with Crippen molar-refractivity contribution >= 4 is 33.7 Å². The minimum absolute atomic E-state index is 0.111. The molecule has 1 N–H and O–H groups in total. The lowest BCUT2D eigenvalue weighted by Crippen LogP contribution is -2.22. The minimum atomic E-state index is -4.50. The van der Waals surface area contributed by atoms with Crippen molar-refractivity contribution in [3.05, 3.63) is 63.6 Å². The van der Waals surface area contributed by atoms with E-state index < -0.39 is 17.6 Å². The minimum Gasteiger partial charge on any atom is -0.371 e. The summed E-state index contributed by atoms with van der Waals surface area (Å²) < 4.78 is 39.0. The highest BCUT2D eigenvalue weighted by Gasteiger charge is 2.30. The molecule has 0 aliphatic heterocycles. The van der Waals surface area contributed by atoms with Gasteiger partial charge in [-0.05, 0) is 65.7 Å². The molecule has 1 amide bonds. The highest BCUT2D eigenvalue weighted by Crippen LogP contribution is 2.29. The van der Waals surface area contributed by atoms with Gasteiger partial charge in [0, 0.05) is 23.1 Å². The van der Waals surface area contributed by atoms with Crippen molar-refractivity contribution < 1.29 is 18.0 Å². The number of hydrogen-bond donors (Lipinski definition) is 1. The normalized spacial score (nSPS) is 11.6. The molecule has 0 spiro atoms. The summed E-state index contributed by atoms with van der Waals surface area (Å²) in [7, 11) is 0. The van der Waals surface area contributed by atoms with Crippen LogP contribution in [0, 0.1) is 0 Å². The van der Waals surface area contributed by atoms with E-state index in [9.17, 15) is 18.0 Å². The van der Waals surface area contributed by atoms with Crippen LogP contribution in [0.3, 0.4) is 0 Å². The predicted octanol–water partition coefficient (Wildman–Crippen LogP) is 5.08. The lowest BCUT2D eigenvalue weighted by Gasteiger charge is -2.22. The molecule has 0 saturated carbocycles. The highest BCUT2D eigenvalue weighted by atomic mass is 79.9. The monoisotopic (exact) mass is 441 g/mol. The molecule has 0 aliphatic rings. The largest absolute Gasteiger partial charge is 0.416 e. The summed E-state index contributed by atoms with van der Waals surface area (Å²) >= 11 is 3.52. The number of amides is 1. The summed E-state index contributed by atoms with van der Waals surface area (Å²) in [5.41, 5.74) is 3.04. The van der Waals surface area contributed by atoms with Gasteiger partial charge in [0.15, 0.2) is 0 Å². The quantitative estimate of drug-likeness (QED) is 0.501. The number of hydrazone groups is 1. The van der Waals surface area contributed by atoms with Gasteiger partial charge in [-0.1, -0.05) is 12.1 Å². The van der Waals surface area contributed by atoms with Crippen LogP contribution in [-0.2, 0) is 6.18 Å². The Hall–Kier alpha value is -2.35. The number of rotatable bonds is 6. The van der Waals surface area contributed by atoms with E-state index in [2.05, 4.69) is 45.2 Å². The molecule has 27 heavy (non-hydrogen) atoms. The van der Waals surface area contributed by atoms with Crippen LogP contribution in [0.5, 0.6) is 0 Å². The van der Waals surface area contributed by atoms with Crippen molar-refractivity contribution in [2.45, 2.75) is 20.0 Å². The Labute approximate surface area is 164 Å². The zero-order valence-corrected chi connectivity index (χ0v) is 16.4. The molecule has 2 rings (SSSR count). The third-order valence-corrected chi connectivity index (χ3v) is 4.54. The fraction of sp³-hybridized carbons (Fsp3) is 0.263. The van der Waals surface area contributed by atoms with Gasteiger partial charge in [0.1, 0.15) is 0 Å². The van der Waals surface area contributed by atoms with Crippen LogP contribution in [0.15, 0.2) is 52.0 Å². The van der Waals surface area contributed by atoms with Gasteiger partial charge in [0.2, 0.25) is 0 Å². The smallest absolute Gasteiger partial charge is 0.371 e. The fourth-order valence-electron chi connectivity index (χ4n) is 2.49. The maximum Gasteiger partial charge on any atom is 0.416 e. The van der Waals surface area contributed by atoms with Crippen LogP contribution in [-0.4, -0.2) is 25.2 Å². The average Bonchev–Trinajstić information content (AvgIpc) is 2.63. The van der Waals surface area contributed by atoms with Crippen LogP contribution in [0.2, 0.25) is 0 Å². The molecule has 2 aromatic rings. The van der Waals surface area contributed by atoms with E-state index in [1.54, 1.807) is 0 Å². The summed E-state index contributed by atoms with van der Waals surface area (Å²) in [5.74, 6) is -0.712. The summed E-state index contributed by atoms with van der Waals surface area (Å²) in [6, 6.07) is 9.83. The molecule has 0 fully saturated rings. The number of hydrogen-bond acceptors (Lipinski definition) is 3. The zero-order valence-electron chi connectivity index (χ0n) is 14.8. The Kier molecular flexibility index (Phi) is 7.01. The summed E-state index contributed by atoms with van der Waals surface area (Å²) in [6.07, 6.45) is -3.07. The van der Waals surface area contributed by atoms with E-state index in [0.29, 0.717) is 0 Å². The zero-order chi connectivity index (χ0) is 20.0. The molecular formula is C19H19BrF3N3O. The average molecular weight is 442 g/mol. The number of nitrogens with zero attached hydrogens (tertiary/aromatic N) is 2. The van der Waals surface area contributed by atoms with Gasteiger partial charge in [0.05, 0.1) is 17.5 Å². The molecule has 0 atom stereocenters. The Balaban J connectivity index is 2.07. The van der Waals surface area contributed by atoms with Gasteiger partial charge in [0.25, 0.3) is 5.91 Å². The highest BCUT2D eigenvalue weighted by molar-refractivity contribution is 9.10. The predicted molar refractivity (Wildman–Crippen MR) is 104 cm³/mol. The lowest BCUT2D eigenvalue weighted by molar-refractivity contribution is -0.137. The Morgan fingerprint density at radius 1 is 1.19 bits per heavy atom. The first-order chi connectivity index (χ1) is 12.8. The van der Waals surface area contributed by atoms with Gasteiger partial charge < -0.3 is 4.90 Å². The number of alkyl halides is 3. The number of carbonyl (C=O) groups excluding carboxylic acids is 1. The fourth-order valence-corrected chi connectivity index (χ4v) is 3.14. The second kappa shape index (κ2) is 9.03. The van der Waals surface area contributed by atoms with E-state index in [0.717, 1.165) is 40.9 Å². The molecule has 0 aliphatic carbocycles. The summed E-state index contributed by atoms with van der Waals surface area (Å²) in [5, 5.41) is 3.83. The lowest BCUT2D eigenvalue weighted by atomic mass is 10.1. The van der Waals surface area contributed by atoms with Gasteiger partial charge >= 0.3 is 6.18 Å². The van der Waals surface area contributed by atoms with Crippen molar-refractivity contribution in [2.75, 3.05) is 18.0 Å². The Morgan fingerprint density at radius 3 is 2.48 bits per heavy atom. The third kappa shape index (κ3) is 5.56. The summed E-state index contributed by atoms with van der Waals surface area (Å²) in [4.78, 5) is 14.2. The van der Waals surface area contributed by atoms with Crippen molar-refractivity contribution in [1.29, 1.82) is 0 Å². The van der Waals surface area contributed by atoms with Crippen molar-refractivity contribution in [3.8, 4) is 0 Å². The van der Waals surface area contributed by atoms with Gasteiger partial charge in [-0.2, -0.15) is 18.3 Å². The van der Waals surface area contributed by atoms with Gasteiger partial charge in [-0.15, -0.1) is 0 Å². The number of nitrogens with one attached hydrogen (secondary N) is 1. The van der Waals surface area contributed by atoms with E-state index in [1.807, 2.05) is 18.2 Å². The molecular weight excluding hydrogens is 423 g/mol. The third-order valence-electron chi connectivity index (χ3n) is 3.91. The maximum atomic E-state index is 12.7. The Morgan fingerprint density at radius 2 is 1.89 bits per heavy atom. The molecule has 2 aromatic carbocycles. The van der Waals surface area contributed by atoms with Crippen molar-refractivity contribution in [3.63, 3.8) is 0 Å². The molecule has 0 heterocycles. The molecule has 0 aromatic heterocycles. The first-order valence-electron chi connectivity index (χ1n) is 8.31. The standard InChI is InChI=1S/C19H19BrF3N3O/c1-3-26(4-2)17-9-8-13(10-16(17)20)12-24-25-18(27)14-6-5-7-15(11-14)19(21,22)23/h5-12H,3-4H2,1-2H3,(H,25,27)/b24-12-. The van der Waals surface area contributed by atoms with Crippen LogP contribution in [0.25, 0.3) is 0 Å². The number of carbonyl (C=O) groups is 1. The molecule has 144 valence electrons. The van der Waals surface area contributed by atoms with Crippen LogP contribution in [0.4, 0.5) is 18.9 Å². The number of anilines is 1. The van der Waals surface area contributed by atoms with E-state index in [4.69, 9.17) is 0 Å². The second-order valence-electron chi connectivity index (χ2n) is 5.66. The maximum absolute atomic E-state index is 12.7. The number of benzene rings is 2. The van der Waals surface area contributed by atoms with Crippen LogP contribution >= 0.6 is 15.9 Å². The molecule has 0 saturated heterocycles. The molecule has 0 radical (unpaired) electrons. The van der Waals surface area contributed by atoms with E-state index in [-0.39, 0.29) is 5.56 Å². The second-order valence-corrected chi connectivity index (χ2v) is 6.52. The molecule has 0 unspecified atom stereocenters. The molecule has 8 heteroatoms. The van der Waals surface area contributed by atoms with Gasteiger partial charge in [-0.3, -0.25) is 4.79 Å². The van der Waals surface area contributed by atoms with Crippen molar-refractivity contribution in [2.24, 2.45) is 5.10 Å². The van der Waals surface area contributed by atoms with Crippen LogP contribution in [0.1, 0.15) is 35.3 Å².